The molecule has 33 heavy (non-hydrogen) atoms. The molecule has 1 saturated heterocycles. The lowest BCUT2D eigenvalue weighted by Gasteiger charge is -2.23. The van der Waals surface area contributed by atoms with Crippen LogP contribution in [0.3, 0.4) is 0 Å². The molecule has 2 N–H and O–H groups in total. The van der Waals surface area contributed by atoms with Gasteiger partial charge in [-0.25, -0.2) is 5.10 Å². The van der Waals surface area contributed by atoms with Crippen molar-refractivity contribution >= 4 is 17.0 Å². The Morgan fingerprint density at radius 1 is 1.21 bits per heavy atom. The summed E-state index contributed by atoms with van der Waals surface area (Å²) in [5.74, 6) is -2.30. The van der Waals surface area contributed by atoms with Crippen molar-refractivity contribution in [1.82, 2.24) is 25.5 Å². The van der Waals surface area contributed by atoms with E-state index in [1.807, 2.05) is 24.3 Å². The highest BCUT2D eigenvalue weighted by atomic mass is 32.2. The Kier molecular flexibility index (Phi) is 7.14. The summed E-state index contributed by atoms with van der Waals surface area (Å²) < 4.78 is 29.1. The zero-order valence-corrected chi connectivity index (χ0v) is 18.5. The number of nitrogens with zero attached hydrogens (tertiary/aromatic N) is 4. The minimum absolute atomic E-state index is 0.0992. The number of rotatable bonds is 9. The quantitative estimate of drug-likeness (QED) is 0.463. The second kappa shape index (κ2) is 10.2. The van der Waals surface area contributed by atoms with Crippen molar-refractivity contribution in [2.75, 3.05) is 12.3 Å². The molecule has 3 aromatic rings. The van der Waals surface area contributed by atoms with Crippen LogP contribution in [0.4, 0.5) is 13.6 Å². The molecule has 4 rings (SSSR count). The standard InChI is InChI=1S/C23H23F2N5O2S/c24-23(25,18-7-2-1-3-8-18)20(31)10-9-19-15-33-22(32)30(19)12-11-16-5-4-6-17(13-16)14-21-26-28-29-27-21/h1-10,13,19-20,31H,11-12,14-15H2,(H,26,27,28,29). The number of aromatic amines is 1. The van der Waals surface area contributed by atoms with E-state index in [0.29, 0.717) is 31.0 Å². The number of aliphatic hydroxyl groups excluding tert-OH is 1. The fourth-order valence-corrected chi connectivity index (χ4v) is 4.66. The molecule has 1 amide bonds. The van der Waals surface area contributed by atoms with Gasteiger partial charge in [-0.15, -0.1) is 5.10 Å². The van der Waals surface area contributed by atoms with Crippen molar-refractivity contribution in [3.63, 3.8) is 0 Å². The Bertz CT molecular complexity index is 1100. The van der Waals surface area contributed by atoms with Gasteiger partial charge < -0.3 is 10.0 Å². The van der Waals surface area contributed by atoms with Crippen LogP contribution in [0.1, 0.15) is 22.5 Å². The van der Waals surface area contributed by atoms with E-state index in [4.69, 9.17) is 0 Å². The maximum Gasteiger partial charge on any atom is 0.302 e. The topological polar surface area (TPSA) is 95.0 Å². The summed E-state index contributed by atoms with van der Waals surface area (Å²) in [6.45, 7) is 0.444. The van der Waals surface area contributed by atoms with Crippen molar-refractivity contribution < 1.29 is 18.7 Å². The lowest BCUT2D eigenvalue weighted by Crippen LogP contribution is -2.35. The zero-order chi connectivity index (χ0) is 23.3. The maximum absolute atomic E-state index is 14.5. The second-order valence-corrected chi connectivity index (χ2v) is 8.72. The van der Waals surface area contributed by atoms with Crippen molar-refractivity contribution in [2.45, 2.75) is 30.9 Å². The first-order valence-corrected chi connectivity index (χ1v) is 11.5. The summed E-state index contributed by atoms with van der Waals surface area (Å²) in [6.07, 6.45) is 1.80. The molecule has 2 atom stereocenters. The van der Waals surface area contributed by atoms with Crippen molar-refractivity contribution in [3.05, 3.63) is 89.3 Å². The Morgan fingerprint density at radius 3 is 2.76 bits per heavy atom. The number of amides is 1. The van der Waals surface area contributed by atoms with Gasteiger partial charge in [-0.05, 0) is 28.0 Å². The number of tetrazole rings is 1. The number of aromatic nitrogens is 4. The molecule has 7 nitrogen and oxygen atoms in total. The molecule has 1 fully saturated rings. The highest BCUT2D eigenvalue weighted by Crippen LogP contribution is 2.33. The van der Waals surface area contributed by atoms with E-state index < -0.39 is 12.0 Å². The molecule has 2 unspecified atom stereocenters. The van der Waals surface area contributed by atoms with Gasteiger partial charge in [0.1, 0.15) is 6.10 Å². The predicted octanol–water partition coefficient (Wildman–Crippen LogP) is 3.58. The van der Waals surface area contributed by atoms with E-state index in [1.54, 1.807) is 11.0 Å². The first kappa shape index (κ1) is 23.1. The van der Waals surface area contributed by atoms with Crippen LogP contribution >= 0.6 is 11.8 Å². The molecule has 10 heteroatoms. The minimum Gasteiger partial charge on any atom is -0.382 e. The minimum atomic E-state index is -3.42. The molecule has 2 heterocycles. The third-order valence-corrected chi connectivity index (χ3v) is 6.44. The Morgan fingerprint density at radius 2 is 2.00 bits per heavy atom. The lowest BCUT2D eigenvalue weighted by molar-refractivity contribution is -0.0929. The number of benzene rings is 2. The summed E-state index contributed by atoms with van der Waals surface area (Å²) in [6, 6.07) is 14.8. The van der Waals surface area contributed by atoms with E-state index in [2.05, 4.69) is 20.6 Å². The third kappa shape index (κ3) is 5.63. The highest BCUT2D eigenvalue weighted by molar-refractivity contribution is 8.13. The molecule has 1 aliphatic rings. The van der Waals surface area contributed by atoms with Crippen LogP contribution in [0.25, 0.3) is 0 Å². The monoisotopic (exact) mass is 471 g/mol. The first-order chi connectivity index (χ1) is 15.9. The summed E-state index contributed by atoms with van der Waals surface area (Å²) in [7, 11) is 0. The summed E-state index contributed by atoms with van der Waals surface area (Å²) >= 11 is 1.15. The van der Waals surface area contributed by atoms with Crippen LogP contribution < -0.4 is 0 Å². The molecule has 0 bridgehead atoms. The lowest BCUT2D eigenvalue weighted by atomic mass is 10.0. The Balaban J connectivity index is 1.38. The normalized spacial score (nSPS) is 17.7. The average molecular weight is 472 g/mol. The number of H-pyrrole nitrogens is 1. The molecule has 172 valence electrons. The number of thioether (sulfide) groups is 1. The van der Waals surface area contributed by atoms with Gasteiger partial charge >= 0.3 is 5.92 Å². The SMILES string of the molecule is O=C1SCC(C=CC(O)C(F)(F)c2ccccc2)N1CCc1cccc(Cc2nnn[nH]2)c1. The van der Waals surface area contributed by atoms with Gasteiger partial charge in [-0.2, -0.15) is 8.78 Å². The van der Waals surface area contributed by atoms with Crippen molar-refractivity contribution in [3.8, 4) is 0 Å². The molecule has 0 radical (unpaired) electrons. The van der Waals surface area contributed by atoms with Crippen molar-refractivity contribution in [1.29, 1.82) is 0 Å². The van der Waals surface area contributed by atoms with Gasteiger partial charge in [-0.3, -0.25) is 4.79 Å². The molecule has 0 spiro atoms. The van der Waals surface area contributed by atoms with Crippen molar-refractivity contribution in [2.24, 2.45) is 0 Å². The van der Waals surface area contributed by atoms with E-state index in [1.165, 1.54) is 30.3 Å². The van der Waals surface area contributed by atoms with Crippen LogP contribution in [0, 0.1) is 0 Å². The van der Waals surface area contributed by atoms with Gasteiger partial charge in [0, 0.05) is 24.3 Å². The zero-order valence-electron chi connectivity index (χ0n) is 17.6. The number of halogens is 2. The van der Waals surface area contributed by atoms with Gasteiger partial charge in [0.05, 0.1) is 6.04 Å². The van der Waals surface area contributed by atoms with Crippen LogP contribution in [0.15, 0.2) is 66.7 Å². The molecule has 1 aliphatic heterocycles. The van der Waals surface area contributed by atoms with E-state index in [0.717, 1.165) is 29.0 Å². The second-order valence-electron chi connectivity index (χ2n) is 7.75. The van der Waals surface area contributed by atoms with Gasteiger partial charge in [0.2, 0.25) is 0 Å². The number of aliphatic hydroxyl groups is 1. The van der Waals surface area contributed by atoms with E-state index in [-0.39, 0.29) is 16.8 Å². The molecule has 2 aromatic carbocycles. The summed E-state index contributed by atoms with van der Waals surface area (Å²) in [5.41, 5.74) is 1.83. The number of nitrogens with one attached hydrogen (secondary N) is 1. The Hall–Kier alpha value is -3.11. The number of carbonyl (C=O) groups is 1. The van der Waals surface area contributed by atoms with E-state index >= 15 is 0 Å². The number of alkyl halides is 2. The Labute approximate surface area is 193 Å². The largest absolute Gasteiger partial charge is 0.382 e. The van der Waals surface area contributed by atoms with Gasteiger partial charge in [0.15, 0.2) is 5.82 Å². The maximum atomic E-state index is 14.5. The predicted molar refractivity (Wildman–Crippen MR) is 121 cm³/mol. The fourth-order valence-electron chi connectivity index (χ4n) is 3.66. The van der Waals surface area contributed by atoms with Gasteiger partial charge in [-0.1, -0.05) is 78.5 Å². The van der Waals surface area contributed by atoms with Crippen LogP contribution in [-0.4, -0.2) is 60.3 Å². The number of hydrogen-bond donors (Lipinski definition) is 2. The van der Waals surface area contributed by atoms with Crippen LogP contribution in [0.2, 0.25) is 0 Å². The highest BCUT2D eigenvalue weighted by Gasteiger charge is 2.39. The molecular weight excluding hydrogens is 448 g/mol. The molecule has 0 aliphatic carbocycles. The number of hydrogen-bond acceptors (Lipinski definition) is 6. The molecular formula is C23H23F2N5O2S. The number of carbonyl (C=O) groups excluding carboxylic acids is 1. The average Bonchev–Trinajstić information content (AvgIpc) is 3.46. The smallest absolute Gasteiger partial charge is 0.302 e. The summed E-state index contributed by atoms with van der Waals surface area (Å²) in [5, 5.41) is 23.8. The first-order valence-electron chi connectivity index (χ1n) is 10.5. The van der Waals surface area contributed by atoms with E-state index in [9.17, 15) is 18.7 Å². The fraction of sp³-hybridized carbons (Fsp3) is 0.304. The summed E-state index contributed by atoms with van der Waals surface area (Å²) in [4.78, 5) is 14.0. The van der Waals surface area contributed by atoms with Crippen LogP contribution in [-0.2, 0) is 18.8 Å². The van der Waals surface area contributed by atoms with Crippen LogP contribution in [0.5, 0.6) is 0 Å². The third-order valence-electron chi connectivity index (χ3n) is 5.45. The molecule has 1 aromatic heterocycles. The van der Waals surface area contributed by atoms with Gasteiger partial charge in [0.25, 0.3) is 5.24 Å². The molecule has 0 saturated carbocycles.